The van der Waals surface area contributed by atoms with E-state index in [1.165, 1.54) is 11.4 Å². The molecule has 2 amide bonds. The summed E-state index contributed by atoms with van der Waals surface area (Å²) in [7, 11) is -1.80. The molecule has 0 saturated carbocycles. The molecule has 1 N–H and O–H groups in total. The van der Waals surface area contributed by atoms with Crippen LogP contribution in [-0.2, 0) is 26.2 Å². The third kappa shape index (κ3) is 5.00. The van der Waals surface area contributed by atoms with Crippen molar-refractivity contribution in [1.29, 1.82) is 0 Å². The minimum atomic E-state index is -3.26. The van der Waals surface area contributed by atoms with E-state index in [2.05, 4.69) is 10.3 Å². The van der Waals surface area contributed by atoms with Gasteiger partial charge in [0, 0.05) is 52.0 Å². The molecule has 0 aromatic carbocycles. The summed E-state index contributed by atoms with van der Waals surface area (Å²) in [5.74, 6) is -0.691. The Morgan fingerprint density at radius 3 is 2.88 bits per heavy atom. The lowest BCUT2D eigenvalue weighted by atomic mass is 10.1. The van der Waals surface area contributed by atoms with E-state index >= 15 is 0 Å². The average Bonchev–Trinajstić information content (AvgIpc) is 2.88. The van der Waals surface area contributed by atoms with Crippen LogP contribution in [0.3, 0.4) is 0 Å². The number of aromatic nitrogens is 1. The Hall–Kier alpha value is -2.00. The van der Waals surface area contributed by atoms with Gasteiger partial charge < -0.3 is 10.2 Å². The number of likely N-dealkylation sites (N-methyl/N-ethyl adjacent to an activating group) is 1. The zero-order valence-corrected chi connectivity index (χ0v) is 14.6. The molecule has 0 aliphatic carbocycles. The van der Waals surface area contributed by atoms with Crippen molar-refractivity contribution in [3.8, 4) is 0 Å². The predicted octanol–water partition coefficient (Wildman–Crippen LogP) is -0.562. The van der Waals surface area contributed by atoms with E-state index in [1.54, 1.807) is 23.4 Å². The molecule has 0 bridgehead atoms. The lowest BCUT2D eigenvalue weighted by molar-refractivity contribution is -0.129. The van der Waals surface area contributed by atoms with Gasteiger partial charge in [0.25, 0.3) is 0 Å². The zero-order chi connectivity index (χ0) is 17.7. The second-order valence-corrected chi connectivity index (χ2v) is 8.00. The number of amides is 2. The highest BCUT2D eigenvalue weighted by Gasteiger charge is 2.34. The van der Waals surface area contributed by atoms with Gasteiger partial charge in [0.15, 0.2) is 0 Å². The van der Waals surface area contributed by atoms with Crippen LogP contribution in [0.2, 0.25) is 0 Å². The van der Waals surface area contributed by atoms with Crippen LogP contribution in [0.1, 0.15) is 12.0 Å². The lowest BCUT2D eigenvalue weighted by Crippen LogP contribution is -2.38. The van der Waals surface area contributed by atoms with Gasteiger partial charge in [-0.15, -0.1) is 0 Å². The number of nitrogens with zero attached hydrogens (tertiary/aromatic N) is 3. The molecule has 1 atom stereocenters. The number of likely N-dealkylation sites (tertiary alicyclic amines) is 1. The average molecular weight is 354 g/mol. The number of sulfonamides is 1. The molecular formula is C15H22N4O4S. The molecule has 1 aliphatic heterocycles. The van der Waals surface area contributed by atoms with Crippen molar-refractivity contribution in [2.45, 2.75) is 13.0 Å². The monoisotopic (exact) mass is 354 g/mol. The molecule has 9 heteroatoms. The van der Waals surface area contributed by atoms with Crippen molar-refractivity contribution in [1.82, 2.24) is 19.5 Å². The van der Waals surface area contributed by atoms with Gasteiger partial charge in [0.1, 0.15) is 0 Å². The molecule has 1 saturated heterocycles. The van der Waals surface area contributed by atoms with Crippen LogP contribution < -0.4 is 5.32 Å². The Morgan fingerprint density at radius 2 is 2.25 bits per heavy atom. The first-order valence-electron chi connectivity index (χ1n) is 7.63. The van der Waals surface area contributed by atoms with E-state index < -0.39 is 15.9 Å². The normalized spacial score (nSPS) is 18.2. The van der Waals surface area contributed by atoms with Gasteiger partial charge in [-0.05, 0) is 11.6 Å². The van der Waals surface area contributed by atoms with Gasteiger partial charge in [-0.3, -0.25) is 14.6 Å². The third-order valence-corrected chi connectivity index (χ3v) is 5.29. The number of nitrogens with one attached hydrogen (secondary N) is 1. The summed E-state index contributed by atoms with van der Waals surface area (Å²) < 4.78 is 23.7. The molecule has 1 aromatic rings. The quantitative estimate of drug-likeness (QED) is 0.707. The van der Waals surface area contributed by atoms with Crippen molar-refractivity contribution >= 4 is 21.8 Å². The second-order valence-electron chi connectivity index (χ2n) is 5.91. The summed E-state index contributed by atoms with van der Waals surface area (Å²) in [6.07, 6.45) is 4.65. The summed E-state index contributed by atoms with van der Waals surface area (Å²) in [5, 5.41) is 2.70. The van der Waals surface area contributed by atoms with Crippen LogP contribution in [0.15, 0.2) is 24.5 Å². The number of hydrogen-bond donors (Lipinski definition) is 1. The molecule has 2 rings (SSSR count). The fourth-order valence-corrected chi connectivity index (χ4v) is 2.88. The standard InChI is InChI=1S/C15H22N4O4S/c1-18(24(2,22)23)7-6-17-15(21)13-8-14(20)19(11-13)10-12-4-3-5-16-9-12/h3-5,9,13H,6-8,10-11H2,1-2H3,(H,17,21). The summed E-state index contributed by atoms with van der Waals surface area (Å²) in [4.78, 5) is 29.8. The first-order valence-corrected chi connectivity index (χ1v) is 9.48. The Balaban J connectivity index is 1.81. The SMILES string of the molecule is CN(CCNC(=O)C1CC(=O)N(Cc2cccnc2)C1)S(C)(=O)=O. The van der Waals surface area contributed by atoms with Gasteiger partial charge in [-0.1, -0.05) is 6.07 Å². The van der Waals surface area contributed by atoms with E-state index in [4.69, 9.17) is 0 Å². The molecule has 1 aliphatic rings. The van der Waals surface area contributed by atoms with E-state index in [9.17, 15) is 18.0 Å². The second kappa shape index (κ2) is 7.71. The fraction of sp³-hybridized carbons (Fsp3) is 0.533. The van der Waals surface area contributed by atoms with Gasteiger partial charge >= 0.3 is 0 Å². The van der Waals surface area contributed by atoms with Gasteiger partial charge in [-0.25, -0.2) is 12.7 Å². The molecule has 0 radical (unpaired) electrons. The fourth-order valence-electron chi connectivity index (χ4n) is 2.46. The Morgan fingerprint density at radius 1 is 1.50 bits per heavy atom. The number of pyridine rings is 1. The molecule has 1 aromatic heterocycles. The van der Waals surface area contributed by atoms with Crippen LogP contribution in [0.25, 0.3) is 0 Å². The van der Waals surface area contributed by atoms with E-state index in [0.717, 1.165) is 11.8 Å². The molecule has 2 heterocycles. The van der Waals surface area contributed by atoms with Crippen LogP contribution in [0.4, 0.5) is 0 Å². The molecule has 8 nitrogen and oxygen atoms in total. The van der Waals surface area contributed by atoms with Crippen LogP contribution >= 0.6 is 0 Å². The number of hydrogen-bond acceptors (Lipinski definition) is 5. The zero-order valence-electron chi connectivity index (χ0n) is 13.8. The van der Waals surface area contributed by atoms with Crippen molar-refractivity contribution in [3.05, 3.63) is 30.1 Å². The van der Waals surface area contributed by atoms with E-state index in [0.29, 0.717) is 13.1 Å². The Bertz CT molecular complexity index is 693. The van der Waals surface area contributed by atoms with Crippen LogP contribution in [0.5, 0.6) is 0 Å². The van der Waals surface area contributed by atoms with Crippen LogP contribution in [-0.4, -0.2) is 67.4 Å². The van der Waals surface area contributed by atoms with Crippen LogP contribution in [0, 0.1) is 5.92 Å². The third-order valence-electron chi connectivity index (χ3n) is 3.97. The first-order chi connectivity index (χ1) is 11.3. The number of carbonyl (C=O) groups is 2. The smallest absolute Gasteiger partial charge is 0.225 e. The highest BCUT2D eigenvalue weighted by Crippen LogP contribution is 2.20. The van der Waals surface area contributed by atoms with E-state index in [1.807, 2.05) is 6.07 Å². The molecule has 24 heavy (non-hydrogen) atoms. The summed E-state index contributed by atoms with van der Waals surface area (Å²) >= 11 is 0. The summed E-state index contributed by atoms with van der Waals surface area (Å²) in [6.45, 7) is 1.22. The minimum Gasteiger partial charge on any atom is -0.354 e. The number of carbonyl (C=O) groups excluding carboxylic acids is 2. The predicted molar refractivity (Wildman–Crippen MR) is 88.2 cm³/mol. The highest BCUT2D eigenvalue weighted by molar-refractivity contribution is 7.88. The summed E-state index contributed by atoms with van der Waals surface area (Å²) in [5.41, 5.74) is 0.918. The van der Waals surface area contributed by atoms with Crippen molar-refractivity contribution < 1.29 is 18.0 Å². The largest absolute Gasteiger partial charge is 0.354 e. The van der Waals surface area contributed by atoms with Crippen molar-refractivity contribution in [2.24, 2.45) is 5.92 Å². The maximum atomic E-state index is 12.1. The number of rotatable bonds is 7. The topological polar surface area (TPSA) is 99.7 Å². The Labute approximate surface area is 141 Å². The molecule has 132 valence electrons. The maximum absolute atomic E-state index is 12.1. The molecule has 1 unspecified atom stereocenters. The lowest BCUT2D eigenvalue weighted by Gasteiger charge is -2.17. The van der Waals surface area contributed by atoms with Crippen molar-refractivity contribution in [3.63, 3.8) is 0 Å². The minimum absolute atomic E-state index is 0.0627. The molecular weight excluding hydrogens is 332 g/mol. The van der Waals surface area contributed by atoms with Gasteiger partial charge in [0.05, 0.1) is 12.2 Å². The first kappa shape index (κ1) is 18.3. The van der Waals surface area contributed by atoms with Gasteiger partial charge in [-0.2, -0.15) is 0 Å². The van der Waals surface area contributed by atoms with E-state index in [-0.39, 0.29) is 31.3 Å². The Kier molecular flexibility index (Phi) is 5.89. The highest BCUT2D eigenvalue weighted by atomic mass is 32.2. The summed E-state index contributed by atoms with van der Waals surface area (Å²) in [6, 6.07) is 3.69. The van der Waals surface area contributed by atoms with Gasteiger partial charge in [0.2, 0.25) is 21.8 Å². The maximum Gasteiger partial charge on any atom is 0.225 e. The van der Waals surface area contributed by atoms with Crippen molar-refractivity contribution in [2.75, 3.05) is 32.9 Å². The molecule has 1 fully saturated rings. The molecule has 0 spiro atoms.